The lowest BCUT2D eigenvalue weighted by Crippen LogP contribution is -2.44. The van der Waals surface area contributed by atoms with Crippen LogP contribution >= 0.6 is 11.6 Å². The molecule has 0 unspecified atom stereocenters. The second kappa shape index (κ2) is 8.20. The van der Waals surface area contributed by atoms with Gasteiger partial charge in [-0.1, -0.05) is 35.9 Å². The summed E-state index contributed by atoms with van der Waals surface area (Å²) in [5, 5.41) is 9.97. The molecule has 3 fully saturated rings. The molecule has 1 saturated carbocycles. The molecule has 5 nitrogen and oxygen atoms in total. The number of carboxylic acids is 1. The highest BCUT2D eigenvalue weighted by Crippen LogP contribution is 2.65. The molecule has 6 heteroatoms. The number of ether oxygens (including phenoxy) is 1. The van der Waals surface area contributed by atoms with Crippen LogP contribution in [0, 0.1) is 12.3 Å². The van der Waals surface area contributed by atoms with Gasteiger partial charge >= 0.3 is 5.97 Å². The Morgan fingerprint density at radius 1 is 1.16 bits per heavy atom. The van der Waals surface area contributed by atoms with Gasteiger partial charge in [0.1, 0.15) is 6.10 Å². The number of aromatic carboxylic acids is 1. The minimum Gasteiger partial charge on any atom is -0.478 e. The number of carbonyl (C=O) groups is 2. The maximum absolute atomic E-state index is 12.6. The molecule has 1 aliphatic carbocycles. The maximum atomic E-state index is 12.6. The summed E-state index contributed by atoms with van der Waals surface area (Å²) in [5.74, 6) is -0.249. The Kier molecular flexibility index (Phi) is 5.50. The number of carbonyl (C=O) groups excluding carboxylic acids is 1. The highest BCUT2D eigenvalue weighted by molar-refractivity contribution is 6.34. The van der Waals surface area contributed by atoms with Gasteiger partial charge in [0.15, 0.2) is 0 Å². The lowest BCUT2D eigenvalue weighted by molar-refractivity contribution is -0.142. The number of likely N-dealkylation sites (tertiary alicyclic amines) is 1. The van der Waals surface area contributed by atoms with Crippen LogP contribution in [0.3, 0.4) is 0 Å². The third kappa shape index (κ3) is 3.82. The lowest BCUT2D eigenvalue weighted by Gasteiger charge is -2.34. The summed E-state index contributed by atoms with van der Waals surface area (Å²) in [7, 11) is 0. The van der Waals surface area contributed by atoms with Gasteiger partial charge in [-0.15, -0.1) is 0 Å². The van der Waals surface area contributed by atoms with Crippen LogP contribution in [0.2, 0.25) is 5.02 Å². The SMILES string of the molecule is Cc1cc(C(=O)O)cc(-c2ccc([C@H]3CC34CCN(C(=O)[C@H]3CCCO3)CC4)cc2)c1Cl. The van der Waals surface area contributed by atoms with Crippen molar-refractivity contribution in [3.63, 3.8) is 0 Å². The Bertz CT molecular complexity index is 1050. The second-order valence-electron chi connectivity index (χ2n) is 9.53. The number of aryl methyl sites for hydroxylation is 1. The number of piperidine rings is 1. The summed E-state index contributed by atoms with van der Waals surface area (Å²) in [4.78, 5) is 26.1. The molecule has 2 aliphatic heterocycles. The molecule has 1 spiro atoms. The minimum atomic E-state index is -0.952. The third-order valence-electron chi connectivity index (χ3n) is 7.59. The van der Waals surface area contributed by atoms with Crippen molar-refractivity contribution in [3.8, 4) is 11.1 Å². The van der Waals surface area contributed by atoms with E-state index in [2.05, 4.69) is 12.1 Å². The number of nitrogens with zero attached hydrogens (tertiary/aromatic N) is 1. The maximum Gasteiger partial charge on any atom is 0.335 e. The zero-order valence-electron chi connectivity index (χ0n) is 18.3. The van der Waals surface area contributed by atoms with E-state index in [-0.39, 0.29) is 17.6 Å². The van der Waals surface area contributed by atoms with E-state index < -0.39 is 5.97 Å². The van der Waals surface area contributed by atoms with E-state index in [4.69, 9.17) is 16.3 Å². The van der Waals surface area contributed by atoms with Gasteiger partial charge in [-0.2, -0.15) is 0 Å². The number of amides is 1. The average molecular weight is 454 g/mol. The van der Waals surface area contributed by atoms with E-state index >= 15 is 0 Å². The van der Waals surface area contributed by atoms with E-state index in [9.17, 15) is 14.7 Å². The molecule has 2 heterocycles. The number of rotatable bonds is 4. The van der Waals surface area contributed by atoms with Gasteiger partial charge in [-0.05, 0) is 79.2 Å². The quantitative estimate of drug-likeness (QED) is 0.683. The summed E-state index contributed by atoms with van der Waals surface area (Å²) in [6, 6.07) is 11.6. The molecular formula is C26H28ClNO4. The molecular weight excluding hydrogens is 426 g/mol. The van der Waals surface area contributed by atoms with Gasteiger partial charge in [0.2, 0.25) is 0 Å². The Balaban J connectivity index is 1.27. The van der Waals surface area contributed by atoms with Gasteiger partial charge < -0.3 is 14.7 Å². The Morgan fingerprint density at radius 2 is 1.88 bits per heavy atom. The molecule has 2 atom stereocenters. The van der Waals surface area contributed by atoms with Crippen molar-refractivity contribution in [3.05, 3.63) is 58.1 Å². The summed E-state index contributed by atoms with van der Waals surface area (Å²) in [5.41, 5.74) is 4.31. The highest BCUT2D eigenvalue weighted by Gasteiger charge is 2.55. The van der Waals surface area contributed by atoms with Crippen LogP contribution in [0.15, 0.2) is 36.4 Å². The zero-order valence-corrected chi connectivity index (χ0v) is 19.0. The molecule has 32 heavy (non-hydrogen) atoms. The van der Waals surface area contributed by atoms with E-state index in [1.807, 2.05) is 24.0 Å². The van der Waals surface area contributed by atoms with Crippen molar-refractivity contribution < 1.29 is 19.4 Å². The van der Waals surface area contributed by atoms with E-state index in [0.717, 1.165) is 55.5 Å². The van der Waals surface area contributed by atoms with Crippen molar-refractivity contribution in [2.45, 2.75) is 51.0 Å². The Morgan fingerprint density at radius 3 is 2.50 bits per heavy atom. The van der Waals surface area contributed by atoms with Crippen LogP contribution in [0.5, 0.6) is 0 Å². The zero-order chi connectivity index (χ0) is 22.5. The molecule has 2 saturated heterocycles. The Hall–Kier alpha value is -2.37. The standard InChI is InChI=1S/C26H28ClNO4/c1-16-13-19(25(30)31)14-20(23(16)27)17-4-6-18(7-5-17)21-15-26(21)8-10-28(11-9-26)24(29)22-3-2-12-32-22/h4-7,13-14,21-22H,2-3,8-12,15H2,1H3,(H,30,31)/t21-,22-/m1/s1. The van der Waals surface area contributed by atoms with Crippen LogP contribution in [-0.2, 0) is 9.53 Å². The van der Waals surface area contributed by atoms with Crippen molar-refractivity contribution in [2.75, 3.05) is 19.7 Å². The van der Waals surface area contributed by atoms with Crippen LogP contribution in [-0.4, -0.2) is 47.7 Å². The van der Waals surface area contributed by atoms with Crippen molar-refractivity contribution in [1.29, 1.82) is 0 Å². The summed E-state index contributed by atoms with van der Waals surface area (Å²) >= 11 is 6.49. The fourth-order valence-corrected chi connectivity index (χ4v) is 5.74. The average Bonchev–Trinajstić information content (AvgIpc) is 3.21. The Labute approximate surface area is 193 Å². The normalized spacial score (nSPS) is 24.0. The molecule has 0 bridgehead atoms. The van der Waals surface area contributed by atoms with Crippen LogP contribution in [0.1, 0.15) is 59.5 Å². The molecule has 0 aromatic heterocycles. The van der Waals surface area contributed by atoms with Gasteiger partial charge in [0.25, 0.3) is 5.91 Å². The smallest absolute Gasteiger partial charge is 0.335 e. The summed E-state index contributed by atoms with van der Waals surface area (Å²) < 4.78 is 5.58. The first-order chi connectivity index (χ1) is 15.4. The van der Waals surface area contributed by atoms with Gasteiger partial charge in [-0.25, -0.2) is 4.79 Å². The minimum absolute atomic E-state index is 0.176. The number of halogens is 1. The number of hydrogen-bond acceptors (Lipinski definition) is 3. The van der Waals surface area contributed by atoms with Crippen LogP contribution < -0.4 is 0 Å². The predicted molar refractivity (Wildman–Crippen MR) is 123 cm³/mol. The van der Waals surface area contributed by atoms with Crippen LogP contribution in [0.4, 0.5) is 0 Å². The van der Waals surface area contributed by atoms with Gasteiger partial charge in [0, 0.05) is 25.3 Å². The molecule has 2 aromatic rings. The van der Waals surface area contributed by atoms with Gasteiger partial charge in [-0.3, -0.25) is 4.79 Å². The molecule has 2 aromatic carbocycles. The number of carboxylic acid groups (broad SMARTS) is 1. The van der Waals surface area contributed by atoms with E-state index in [1.165, 1.54) is 12.0 Å². The first-order valence-electron chi connectivity index (χ1n) is 11.4. The summed E-state index contributed by atoms with van der Waals surface area (Å²) in [6.07, 6.45) is 4.88. The molecule has 1 amide bonds. The number of benzene rings is 2. The molecule has 1 N–H and O–H groups in total. The molecule has 5 rings (SSSR count). The molecule has 0 radical (unpaired) electrons. The second-order valence-corrected chi connectivity index (χ2v) is 9.91. The predicted octanol–water partition coefficient (Wildman–Crippen LogP) is 5.29. The first kappa shape index (κ1) is 21.5. The lowest BCUT2D eigenvalue weighted by atomic mass is 9.88. The third-order valence-corrected chi connectivity index (χ3v) is 8.09. The van der Waals surface area contributed by atoms with Crippen molar-refractivity contribution in [2.24, 2.45) is 5.41 Å². The van der Waals surface area contributed by atoms with Crippen LogP contribution in [0.25, 0.3) is 11.1 Å². The monoisotopic (exact) mass is 453 g/mol. The molecule has 3 aliphatic rings. The van der Waals surface area contributed by atoms with E-state index in [1.54, 1.807) is 12.1 Å². The summed E-state index contributed by atoms with van der Waals surface area (Å²) in [6.45, 7) is 4.18. The van der Waals surface area contributed by atoms with Crippen molar-refractivity contribution >= 4 is 23.5 Å². The number of hydrogen-bond donors (Lipinski definition) is 1. The largest absolute Gasteiger partial charge is 0.478 e. The highest BCUT2D eigenvalue weighted by atomic mass is 35.5. The van der Waals surface area contributed by atoms with Gasteiger partial charge in [0.05, 0.1) is 10.6 Å². The fraction of sp³-hybridized carbons (Fsp3) is 0.462. The molecule has 168 valence electrons. The van der Waals surface area contributed by atoms with E-state index in [0.29, 0.717) is 23.0 Å². The topological polar surface area (TPSA) is 66.8 Å². The fourth-order valence-electron chi connectivity index (χ4n) is 5.52. The first-order valence-corrected chi connectivity index (χ1v) is 11.8. The van der Waals surface area contributed by atoms with Crippen molar-refractivity contribution in [1.82, 2.24) is 4.90 Å².